The van der Waals surface area contributed by atoms with Crippen LogP contribution in [0.15, 0.2) is 41.6 Å². The van der Waals surface area contributed by atoms with Gasteiger partial charge in [-0.3, -0.25) is 9.69 Å². The Morgan fingerprint density at radius 2 is 1.97 bits per heavy atom. The maximum Gasteiger partial charge on any atom is 0.247 e. The van der Waals surface area contributed by atoms with E-state index in [0.717, 1.165) is 33.7 Å². The molecule has 1 aromatic heterocycles. The summed E-state index contributed by atoms with van der Waals surface area (Å²) in [6.07, 6.45) is -0.777. The number of thioether (sulfide) groups is 1. The summed E-state index contributed by atoms with van der Waals surface area (Å²) in [5, 5.41) is 9.45. The molecular formula is C26H30N4O3S. The Labute approximate surface area is 204 Å². The number of hydrogen-bond acceptors (Lipinski definition) is 7. The van der Waals surface area contributed by atoms with Gasteiger partial charge in [-0.25, -0.2) is 0 Å². The molecule has 34 heavy (non-hydrogen) atoms. The van der Waals surface area contributed by atoms with Gasteiger partial charge in [0.05, 0.1) is 17.9 Å². The van der Waals surface area contributed by atoms with E-state index in [4.69, 9.17) is 14.5 Å². The first-order chi connectivity index (χ1) is 16.3. The van der Waals surface area contributed by atoms with Crippen molar-refractivity contribution >= 4 is 23.4 Å². The average Bonchev–Trinajstić information content (AvgIpc) is 2.93. The first kappa shape index (κ1) is 24.0. The summed E-state index contributed by atoms with van der Waals surface area (Å²) in [6.45, 7) is 12.3. The number of hydrogen-bond donors (Lipinski definition) is 0. The van der Waals surface area contributed by atoms with Gasteiger partial charge in [0.25, 0.3) is 0 Å². The largest absolute Gasteiger partial charge is 0.493 e. The molecule has 2 heterocycles. The summed E-state index contributed by atoms with van der Waals surface area (Å²) in [5.41, 5.74) is 4.79. The molecule has 0 saturated heterocycles. The number of carbonyl (C=O) groups is 1. The van der Waals surface area contributed by atoms with Gasteiger partial charge in [0.1, 0.15) is 5.75 Å². The van der Waals surface area contributed by atoms with Crippen LogP contribution < -0.4 is 14.4 Å². The summed E-state index contributed by atoms with van der Waals surface area (Å²) in [6, 6.07) is 11.7. The molecule has 8 heteroatoms. The number of nitrogens with zero attached hydrogens (tertiary/aromatic N) is 4. The van der Waals surface area contributed by atoms with Gasteiger partial charge in [0, 0.05) is 18.2 Å². The van der Waals surface area contributed by atoms with Gasteiger partial charge in [-0.2, -0.15) is 4.98 Å². The summed E-state index contributed by atoms with van der Waals surface area (Å²) in [5.74, 6) is 2.21. The monoisotopic (exact) mass is 478 g/mol. The topological polar surface area (TPSA) is 77.4 Å². The Morgan fingerprint density at radius 1 is 1.21 bits per heavy atom. The molecule has 7 nitrogen and oxygen atoms in total. The number of fused-ring (bicyclic) bond motifs is 3. The van der Waals surface area contributed by atoms with Crippen molar-refractivity contribution < 1.29 is 14.3 Å². The molecule has 0 spiro atoms. The quantitative estimate of drug-likeness (QED) is 0.418. The second-order valence-corrected chi connectivity index (χ2v) is 9.75. The van der Waals surface area contributed by atoms with E-state index in [1.54, 1.807) is 23.6 Å². The van der Waals surface area contributed by atoms with Crippen molar-refractivity contribution in [2.24, 2.45) is 5.92 Å². The van der Waals surface area contributed by atoms with Gasteiger partial charge in [0.2, 0.25) is 23.2 Å². The molecule has 1 aliphatic rings. The predicted molar refractivity (Wildman–Crippen MR) is 134 cm³/mol. The van der Waals surface area contributed by atoms with Crippen LogP contribution in [0.3, 0.4) is 0 Å². The van der Waals surface area contributed by atoms with Crippen molar-refractivity contribution in [3.05, 3.63) is 53.1 Å². The maximum atomic E-state index is 13.1. The lowest BCUT2D eigenvalue weighted by Crippen LogP contribution is -2.36. The van der Waals surface area contributed by atoms with Gasteiger partial charge < -0.3 is 9.47 Å². The second kappa shape index (κ2) is 10.0. The fourth-order valence-corrected chi connectivity index (χ4v) is 4.81. The van der Waals surface area contributed by atoms with E-state index in [1.165, 1.54) is 0 Å². The van der Waals surface area contributed by atoms with Crippen LogP contribution in [0.1, 0.15) is 50.6 Å². The van der Waals surface area contributed by atoms with Crippen LogP contribution in [0.25, 0.3) is 11.3 Å². The van der Waals surface area contributed by atoms with E-state index in [1.807, 2.05) is 51.1 Å². The molecule has 0 saturated carbocycles. The Bertz CT molecular complexity index is 1210. The first-order valence-corrected chi connectivity index (χ1v) is 12.5. The zero-order valence-electron chi connectivity index (χ0n) is 20.5. The van der Waals surface area contributed by atoms with Crippen molar-refractivity contribution in [1.29, 1.82) is 0 Å². The molecule has 0 bridgehead atoms. The molecule has 1 atom stereocenters. The Balaban J connectivity index is 1.96. The molecule has 0 fully saturated rings. The molecule has 178 valence electrons. The molecule has 0 aliphatic carbocycles. The highest BCUT2D eigenvalue weighted by molar-refractivity contribution is 7.99. The zero-order chi connectivity index (χ0) is 24.4. The van der Waals surface area contributed by atoms with Gasteiger partial charge >= 0.3 is 0 Å². The van der Waals surface area contributed by atoms with Gasteiger partial charge in [-0.1, -0.05) is 49.4 Å². The standard InChI is InChI=1S/C26H30N4O3S/c1-7-32-21-11-9-8-10-19(21)25-30(18(6)31)23-17(5)12-16(4)13-20(23)22-24(33-25)27-26(29-28-22)34-14-15(2)3/h8-13,15,25H,7,14H2,1-6H3/t25-/m1/s1. The van der Waals surface area contributed by atoms with E-state index in [0.29, 0.717) is 35.0 Å². The maximum absolute atomic E-state index is 13.1. The minimum absolute atomic E-state index is 0.153. The summed E-state index contributed by atoms with van der Waals surface area (Å²) in [7, 11) is 0. The molecule has 1 amide bonds. The molecule has 2 aromatic carbocycles. The third-order valence-corrected chi connectivity index (χ3v) is 6.67. The average molecular weight is 479 g/mol. The van der Waals surface area contributed by atoms with Crippen molar-refractivity contribution in [3.8, 4) is 22.9 Å². The third-order valence-electron chi connectivity index (χ3n) is 5.40. The summed E-state index contributed by atoms with van der Waals surface area (Å²) in [4.78, 5) is 19.6. The highest BCUT2D eigenvalue weighted by atomic mass is 32.2. The van der Waals surface area contributed by atoms with E-state index in [9.17, 15) is 4.79 Å². The number of aromatic nitrogens is 3. The number of benzene rings is 2. The summed E-state index contributed by atoms with van der Waals surface area (Å²) < 4.78 is 12.4. The fourth-order valence-electron chi connectivity index (χ4n) is 4.08. The number of ether oxygens (including phenoxy) is 2. The van der Waals surface area contributed by atoms with Crippen molar-refractivity contribution in [2.75, 3.05) is 17.3 Å². The minimum atomic E-state index is -0.777. The van der Waals surface area contributed by atoms with E-state index < -0.39 is 6.23 Å². The lowest BCUT2D eigenvalue weighted by molar-refractivity contribution is -0.118. The number of para-hydroxylation sites is 1. The molecular weight excluding hydrogens is 448 g/mol. The van der Waals surface area contributed by atoms with Crippen molar-refractivity contribution in [3.63, 3.8) is 0 Å². The van der Waals surface area contributed by atoms with Crippen LogP contribution in [-0.4, -0.2) is 33.4 Å². The number of anilines is 1. The normalized spacial score (nSPS) is 14.8. The fraction of sp³-hybridized carbons (Fsp3) is 0.385. The smallest absolute Gasteiger partial charge is 0.247 e. The van der Waals surface area contributed by atoms with Gasteiger partial charge in [-0.15, -0.1) is 10.2 Å². The minimum Gasteiger partial charge on any atom is -0.493 e. The van der Waals surface area contributed by atoms with Crippen LogP contribution in [-0.2, 0) is 4.79 Å². The van der Waals surface area contributed by atoms with E-state index in [2.05, 4.69) is 30.1 Å². The molecule has 3 aromatic rings. The van der Waals surface area contributed by atoms with Gasteiger partial charge in [0.15, 0.2) is 5.69 Å². The van der Waals surface area contributed by atoms with Gasteiger partial charge in [-0.05, 0) is 50.5 Å². The Hall–Kier alpha value is -3.13. The lowest BCUT2D eigenvalue weighted by Gasteiger charge is -2.32. The zero-order valence-corrected chi connectivity index (χ0v) is 21.3. The molecule has 4 rings (SSSR count). The van der Waals surface area contributed by atoms with Crippen LogP contribution in [0.4, 0.5) is 5.69 Å². The first-order valence-electron chi connectivity index (χ1n) is 11.5. The highest BCUT2D eigenvalue weighted by Gasteiger charge is 2.37. The number of carbonyl (C=O) groups excluding carboxylic acids is 1. The van der Waals surface area contributed by atoms with Crippen molar-refractivity contribution in [1.82, 2.24) is 15.2 Å². The molecule has 1 aliphatic heterocycles. The Morgan fingerprint density at radius 3 is 2.68 bits per heavy atom. The number of rotatable bonds is 6. The van der Waals surface area contributed by atoms with E-state index in [-0.39, 0.29) is 5.91 Å². The SMILES string of the molecule is CCOc1ccccc1[C@H]1Oc2nc(SCC(C)C)nnc2-c2cc(C)cc(C)c2N1C(C)=O. The highest BCUT2D eigenvalue weighted by Crippen LogP contribution is 2.46. The summed E-state index contributed by atoms with van der Waals surface area (Å²) >= 11 is 1.54. The third kappa shape index (κ3) is 4.73. The second-order valence-electron chi connectivity index (χ2n) is 8.76. The molecule has 0 unspecified atom stereocenters. The van der Waals surface area contributed by atoms with Crippen LogP contribution in [0.5, 0.6) is 11.6 Å². The predicted octanol–water partition coefficient (Wildman–Crippen LogP) is 5.75. The molecule has 0 N–H and O–H groups in total. The number of amides is 1. The van der Waals surface area contributed by atoms with Crippen LogP contribution in [0, 0.1) is 19.8 Å². The van der Waals surface area contributed by atoms with Crippen LogP contribution >= 0.6 is 11.8 Å². The van der Waals surface area contributed by atoms with Crippen molar-refractivity contribution in [2.45, 2.75) is 52.9 Å². The molecule has 0 radical (unpaired) electrons. The lowest BCUT2D eigenvalue weighted by atomic mass is 10.00. The van der Waals surface area contributed by atoms with Crippen LogP contribution in [0.2, 0.25) is 0 Å². The number of aryl methyl sites for hydroxylation is 2. The Kier molecular flexibility index (Phi) is 7.07. The van der Waals surface area contributed by atoms with E-state index >= 15 is 0 Å².